The van der Waals surface area contributed by atoms with Gasteiger partial charge in [-0.15, -0.1) is 0 Å². The second-order valence-electron chi connectivity index (χ2n) is 6.94. The van der Waals surface area contributed by atoms with Crippen LogP contribution >= 0.6 is 0 Å². The van der Waals surface area contributed by atoms with Crippen molar-refractivity contribution in [3.05, 3.63) is 59.4 Å². The van der Waals surface area contributed by atoms with E-state index in [1.54, 1.807) is 7.11 Å². The van der Waals surface area contributed by atoms with Crippen LogP contribution in [-0.2, 0) is 9.53 Å². The number of methoxy groups -OCH3 is 1. The molecule has 0 saturated carbocycles. The van der Waals surface area contributed by atoms with E-state index in [1.165, 1.54) is 24.3 Å². The van der Waals surface area contributed by atoms with Gasteiger partial charge in [-0.05, 0) is 55.3 Å². The molecule has 1 amide bonds. The predicted octanol–water partition coefficient (Wildman–Crippen LogP) is 2.77. The standard InChI is InChI=1S/C22H29FN2O4/c1-16-5-4-6-21(17(16)2)24-22(27)14-25(11-12-28-3)13-19(26)15-29-20-9-7-18(23)8-10-20/h4-10,19,26H,11-15H2,1-3H3,(H,24,27)/t19-/m0/s1. The van der Waals surface area contributed by atoms with Crippen LogP contribution in [0.4, 0.5) is 10.1 Å². The zero-order valence-corrected chi connectivity index (χ0v) is 17.2. The van der Waals surface area contributed by atoms with Gasteiger partial charge in [0.05, 0.1) is 13.2 Å². The van der Waals surface area contributed by atoms with Crippen LogP contribution in [0, 0.1) is 19.7 Å². The van der Waals surface area contributed by atoms with Crippen molar-refractivity contribution in [3.63, 3.8) is 0 Å². The molecule has 0 bridgehead atoms. The van der Waals surface area contributed by atoms with Gasteiger partial charge in [0.1, 0.15) is 24.3 Å². The van der Waals surface area contributed by atoms with Gasteiger partial charge in [0.25, 0.3) is 0 Å². The summed E-state index contributed by atoms with van der Waals surface area (Å²) in [4.78, 5) is 14.3. The summed E-state index contributed by atoms with van der Waals surface area (Å²) in [5.74, 6) is -0.0403. The monoisotopic (exact) mass is 404 g/mol. The molecular weight excluding hydrogens is 375 g/mol. The van der Waals surface area contributed by atoms with Crippen LogP contribution in [0.3, 0.4) is 0 Å². The summed E-state index contributed by atoms with van der Waals surface area (Å²) in [6, 6.07) is 11.4. The summed E-state index contributed by atoms with van der Waals surface area (Å²) in [7, 11) is 1.59. The number of aliphatic hydroxyl groups excluding tert-OH is 1. The molecule has 158 valence electrons. The largest absolute Gasteiger partial charge is 0.491 e. The smallest absolute Gasteiger partial charge is 0.238 e. The lowest BCUT2D eigenvalue weighted by atomic mass is 10.1. The van der Waals surface area contributed by atoms with Gasteiger partial charge < -0.3 is 19.9 Å². The molecule has 0 unspecified atom stereocenters. The maximum atomic E-state index is 12.9. The first-order valence-corrected chi connectivity index (χ1v) is 9.53. The van der Waals surface area contributed by atoms with Crippen molar-refractivity contribution in [1.82, 2.24) is 4.90 Å². The number of hydrogen-bond donors (Lipinski definition) is 2. The normalized spacial score (nSPS) is 12.1. The van der Waals surface area contributed by atoms with Gasteiger partial charge in [-0.3, -0.25) is 9.69 Å². The first-order chi connectivity index (χ1) is 13.9. The van der Waals surface area contributed by atoms with Gasteiger partial charge in [0.2, 0.25) is 5.91 Å². The number of carbonyl (C=O) groups excluding carboxylic acids is 1. The number of anilines is 1. The van der Waals surface area contributed by atoms with Gasteiger partial charge >= 0.3 is 0 Å². The van der Waals surface area contributed by atoms with Crippen LogP contribution < -0.4 is 10.1 Å². The number of carbonyl (C=O) groups is 1. The molecular formula is C22H29FN2O4. The van der Waals surface area contributed by atoms with Crippen molar-refractivity contribution in [2.45, 2.75) is 20.0 Å². The first-order valence-electron chi connectivity index (χ1n) is 9.53. The minimum Gasteiger partial charge on any atom is -0.491 e. The molecule has 7 heteroatoms. The number of aryl methyl sites for hydroxylation is 1. The molecule has 1 atom stereocenters. The topological polar surface area (TPSA) is 71.0 Å². The Morgan fingerprint density at radius 3 is 2.62 bits per heavy atom. The molecule has 0 saturated heterocycles. The molecule has 0 heterocycles. The second kappa shape index (κ2) is 11.5. The Labute approximate surface area is 171 Å². The molecule has 29 heavy (non-hydrogen) atoms. The summed E-state index contributed by atoms with van der Waals surface area (Å²) >= 11 is 0. The summed E-state index contributed by atoms with van der Waals surface area (Å²) in [6.07, 6.45) is -0.814. The van der Waals surface area contributed by atoms with Crippen LogP contribution in [0.25, 0.3) is 0 Å². The zero-order chi connectivity index (χ0) is 21.2. The molecule has 2 aromatic rings. The number of ether oxygens (including phenoxy) is 2. The van der Waals surface area contributed by atoms with E-state index in [-0.39, 0.29) is 31.4 Å². The number of aliphatic hydroxyl groups is 1. The Kier molecular flexibility index (Phi) is 9.05. The molecule has 2 rings (SSSR count). The predicted molar refractivity (Wildman–Crippen MR) is 111 cm³/mol. The number of rotatable bonds is 11. The molecule has 0 spiro atoms. The van der Waals surface area contributed by atoms with Gasteiger partial charge in [-0.2, -0.15) is 0 Å². The fourth-order valence-electron chi connectivity index (χ4n) is 2.81. The highest BCUT2D eigenvalue weighted by Gasteiger charge is 2.16. The van der Waals surface area contributed by atoms with E-state index in [0.717, 1.165) is 16.8 Å². The van der Waals surface area contributed by atoms with Crippen molar-refractivity contribution in [1.29, 1.82) is 0 Å². The maximum absolute atomic E-state index is 12.9. The highest BCUT2D eigenvalue weighted by atomic mass is 19.1. The summed E-state index contributed by atoms with van der Waals surface area (Å²) < 4.78 is 23.5. The van der Waals surface area contributed by atoms with Crippen molar-refractivity contribution >= 4 is 11.6 Å². The Hall–Kier alpha value is -2.48. The molecule has 0 aromatic heterocycles. The summed E-state index contributed by atoms with van der Waals surface area (Å²) in [5, 5.41) is 13.2. The lowest BCUT2D eigenvalue weighted by Crippen LogP contribution is -2.42. The number of nitrogens with zero attached hydrogens (tertiary/aromatic N) is 1. The Morgan fingerprint density at radius 2 is 1.93 bits per heavy atom. The van der Waals surface area contributed by atoms with Gasteiger partial charge in [-0.1, -0.05) is 12.1 Å². The van der Waals surface area contributed by atoms with E-state index in [4.69, 9.17) is 9.47 Å². The number of amides is 1. The number of hydrogen-bond acceptors (Lipinski definition) is 5. The van der Waals surface area contributed by atoms with E-state index in [9.17, 15) is 14.3 Å². The summed E-state index contributed by atoms with van der Waals surface area (Å²) in [6.45, 7) is 5.27. The highest BCUT2D eigenvalue weighted by molar-refractivity contribution is 5.93. The van der Waals surface area contributed by atoms with Crippen molar-refractivity contribution in [3.8, 4) is 5.75 Å². The molecule has 2 N–H and O–H groups in total. The van der Waals surface area contributed by atoms with Crippen molar-refractivity contribution < 1.29 is 23.8 Å². The van der Waals surface area contributed by atoms with Crippen LogP contribution in [0.5, 0.6) is 5.75 Å². The van der Waals surface area contributed by atoms with E-state index in [0.29, 0.717) is 18.9 Å². The zero-order valence-electron chi connectivity index (χ0n) is 17.2. The third-order valence-corrected chi connectivity index (χ3v) is 4.58. The fraction of sp³-hybridized carbons (Fsp3) is 0.409. The van der Waals surface area contributed by atoms with E-state index >= 15 is 0 Å². The molecule has 6 nitrogen and oxygen atoms in total. The van der Waals surface area contributed by atoms with Crippen LogP contribution in [-0.4, -0.2) is 62.0 Å². The summed E-state index contributed by atoms with van der Waals surface area (Å²) in [5.41, 5.74) is 2.91. The number of halogens is 1. The molecule has 0 aliphatic carbocycles. The maximum Gasteiger partial charge on any atom is 0.238 e. The lowest BCUT2D eigenvalue weighted by molar-refractivity contribution is -0.117. The van der Waals surface area contributed by atoms with E-state index in [2.05, 4.69) is 5.32 Å². The number of nitrogens with one attached hydrogen (secondary N) is 1. The van der Waals surface area contributed by atoms with E-state index in [1.807, 2.05) is 36.9 Å². The molecule has 0 aliphatic heterocycles. The SMILES string of the molecule is COCCN(CC(=O)Nc1cccc(C)c1C)C[C@H](O)COc1ccc(F)cc1. The van der Waals surface area contributed by atoms with Crippen LogP contribution in [0.1, 0.15) is 11.1 Å². The fourth-order valence-corrected chi connectivity index (χ4v) is 2.81. The number of benzene rings is 2. The Balaban J connectivity index is 1.88. The minimum atomic E-state index is -0.814. The highest BCUT2D eigenvalue weighted by Crippen LogP contribution is 2.18. The quantitative estimate of drug-likeness (QED) is 0.603. The van der Waals surface area contributed by atoms with Crippen molar-refractivity contribution in [2.24, 2.45) is 0 Å². The average Bonchev–Trinajstić information content (AvgIpc) is 2.69. The molecule has 0 aliphatic rings. The molecule has 0 fully saturated rings. The minimum absolute atomic E-state index is 0.0354. The first kappa shape index (κ1) is 22.8. The Bertz CT molecular complexity index is 783. The van der Waals surface area contributed by atoms with E-state index < -0.39 is 6.10 Å². The molecule has 0 radical (unpaired) electrons. The van der Waals surface area contributed by atoms with Crippen LogP contribution in [0.2, 0.25) is 0 Å². The van der Waals surface area contributed by atoms with Crippen LogP contribution in [0.15, 0.2) is 42.5 Å². The van der Waals surface area contributed by atoms with Crippen molar-refractivity contribution in [2.75, 3.05) is 45.3 Å². The second-order valence-corrected chi connectivity index (χ2v) is 6.94. The Morgan fingerprint density at radius 1 is 1.21 bits per heavy atom. The molecule has 2 aromatic carbocycles. The van der Waals surface area contributed by atoms with Gasteiger partial charge in [0.15, 0.2) is 0 Å². The third kappa shape index (κ3) is 7.81. The third-order valence-electron chi connectivity index (χ3n) is 4.58. The average molecular weight is 404 g/mol. The lowest BCUT2D eigenvalue weighted by Gasteiger charge is -2.24. The van der Waals surface area contributed by atoms with Gasteiger partial charge in [0, 0.05) is 25.9 Å². The van der Waals surface area contributed by atoms with Gasteiger partial charge in [-0.25, -0.2) is 4.39 Å².